The molecule has 0 N–H and O–H groups in total. The molecule has 4 rings (SSSR count). The van der Waals surface area contributed by atoms with E-state index in [1.165, 1.54) is 5.52 Å². The van der Waals surface area contributed by atoms with Gasteiger partial charge in [-0.2, -0.15) is 0 Å². The second-order valence-electron chi connectivity index (χ2n) is 7.76. The maximum Gasteiger partial charge on any atom is 0.217 e. The second kappa shape index (κ2) is 7.31. The van der Waals surface area contributed by atoms with Gasteiger partial charge in [0.2, 0.25) is 10.0 Å². The van der Waals surface area contributed by atoms with Crippen LogP contribution in [0.15, 0.2) is 24.3 Å². The molecule has 1 aliphatic heterocycles. The largest absolute Gasteiger partial charge is 0.328 e. The lowest BCUT2D eigenvalue weighted by Crippen LogP contribution is -2.43. The Morgan fingerprint density at radius 3 is 2.65 bits per heavy atom. The first-order chi connectivity index (χ1) is 12.6. The predicted molar refractivity (Wildman–Crippen MR) is 105 cm³/mol. The van der Waals surface area contributed by atoms with Crippen molar-refractivity contribution in [3.05, 3.63) is 30.1 Å². The number of sulfonamides is 1. The third-order valence-electron chi connectivity index (χ3n) is 5.96. The second-order valence-corrected chi connectivity index (χ2v) is 9.97. The molecule has 1 unspecified atom stereocenters. The molecule has 1 aromatic heterocycles. The first-order valence-electron chi connectivity index (χ1n) is 10.1. The number of benzene rings is 1. The minimum Gasteiger partial charge on any atom is -0.328 e. The van der Waals surface area contributed by atoms with Crippen LogP contribution in [0.1, 0.15) is 63.6 Å². The van der Waals surface area contributed by atoms with E-state index in [-0.39, 0.29) is 11.2 Å². The highest BCUT2D eigenvalue weighted by atomic mass is 32.2. The monoisotopic (exact) mass is 375 g/mol. The SMILES string of the molecule is CCCn1c(C2CCCN(S(=O)(=O)C3CCCC3)C2)nc2ccccc21. The topological polar surface area (TPSA) is 55.2 Å². The number of hydrogen-bond acceptors (Lipinski definition) is 3. The molecule has 2 heterocycles. The molecule has 0 spiro atoms. The van der Waals surface area contributed by atoms with E-state index < -0.39 is 10.0 Å². The number of aromatic nitrogens is 2. The molecular formula is C20H29N3O2S. The number of nitrogens with zero attached hydrogens (tertiary/aromatic N) is 3. The number of rotatable bonds is 5. The Balaban J connectivity index is 1.64. The normalized spacial score (nSPS) is 23.0. The summed E-state index contributed by atoms with van der Waals surface area (Å²) in [4.78, 5) is 4.91. The van der Waals surface area contributed by atoms with Crippen LogP contribution in [0.3, 0.4) is 0 Å². The van der Waals surface area contributed by atoms with Crippen molar-refractivity contribution in [1.29, 1.82) is 0 Å². The molecular weight excluding hydrogens is 346 g/mol. The highest BCUT2D eigenvalue weighted by molar-refractivity contribution is 7.89. The van der Waals surface area contributed by atoms with Crippen LogP contribution >= 0.6 is 0 Å². The van der Waals surface area contributed by atoms with Gasteiger partial charge in [0, 0.05) is 25.6 Å². The summed E-state index contributed by atoms with van der Waals surface area (Å²) in [7, 11) is -3.16. The minimum atomic E-state index is -3.16. The molecule has 2 fully saturated rings. The molecule has 142 valence electrons. The molecule has 0 bridgehead atoms. The molecule has 5 nitrogen and oxygen atoms in total. The lowest BCUT2D eigenvalue weighted by atomic mass is 9.99. The van der Waals surface area contributed by atoms with Crippen LogP contribution in [0.2, 0.25) is 0 Å². The minimum absolute atomic E-state index is 0.157. The van der Waals surface area contributed by atoms with Crippen LogP contribution in [-0.2, 0) is 16.6 Å². The van der Waals surface area contributed by atoms with Crippen molar-refractivity contribution < 1.29 is 8.42 Å². The number of fused-ring (bicyclic) bond motifs is 1. The van der Waals surface area contributed by atoms with Gasteiger partial charge in [0.25, 0.3) is 0 Å². The standard InChI is InChI=1S/C20H29N3O2S/c1-2-13-23-19-12-6-5-11-18(19)21-20(23)16-8-7-14-22(15-16)26(24,25)17-9-3-4-10-17/h5-6,11-12,16-17H,2-4,7-10,13-15H2,1H3. The molecule has 0 amide bonds. The Labute approximate surface area is 156 Å². The molecule has 6 heteroatoms. The quantitative estimate of drug-likeness (QED) is 0.796. The van der Waals surface area contributed by atoms with Gasteiger partial charge in [-0.15, -0.1) is 0 Å². The van der Waals surface area contributed by atoms with Gasteiger partial charge < -0.3 is 4.57 Å². The van der Waals surface area contributed by atoms with E-state index in [9.17, 15) is 8.42 Å². The van der Waals surface area contributed by atoms with Gasteiger partial charge in [-0.3, -0.25) is 0 Å². The average molecular weight is 376 g/mol. The summed E-state index contributed by atoms with van der Waals surface area (Å²) in [6, 6.07) is 8.25. The first kappa shape index (κ1) is 18.0. The highest BCUT2D eigenvalue weighted by Gasteiger charge is 2.37. The van der Waals surface area contributed by atoms with Crippen molar-refractivity contribution in [1.82, 2.24) is 13.9 Å². The van der Waals surface area contributed by atoms with Gasteiger partial charge >= 0.3 is 0 Å². The third kappa shape index (κ3) is 3.18. The number of piperidine rings is 1. The Morgan fingerprint density at radius 2 is 1.88 bits per heavy atom. The molecule has 1 saturated carbocycles. The molecule has 1 aromatic carbocycles. The first-order valence-corrected chi connectivity index (χ1v) is 11.6. The zero-order valence-electron chi connectivity index (χ0n) is 15.6. The Hall–Kier alpha value is -1.40. The summed E-state index contributed by atoms with van der Waals surface area (Å²) in [5, 5.41) is -0.157. The van der Waals surface area contributed by atoms with Crippen LogP contribution in [0.25, 0.3) is 11.0 Å². The van der Waals surface area contributed by atoms with E-state index in [4.69, 9.17) is 4.98 Å². The summed E-state index contributed by atoms with van der Waals surface area (Å²) >= 11 is 0. The fourth-order valence-corrected chi connectivity index (χ4v) is 6.77. The van der Waals surface area contributed by atoms with Crippen LogP contribution < -0.4 is 0 Å². The molecule has 2 aliphatic rings. The van der Waals surface area contributed by atoms with E-state index in [2.05, 4.69) is 29.7 Å². The van der Waals surface area contributed by atoms with Gasteiger partial charge in [0.15, 0.2) is 0 Å². The van der Waals surface area contributed by atoms with Crippen LogP contribution in [0.4, 0.5) is 0 Å². The molecule has 1 atom stereocenters. The van der Waals surface area contributed by atoms with E-state index in [1.54, 1.807) is 4.31 Å². The summed E-state index contributed by atoms with van der Waals surface area (Å²) < 4.78 is 30.2. The van der Waals surface area contributed by atoms with Gasteiger partial charge in [-0.05, 0) is 44.2 Å². The van der Waals surface area contributed by atoms with Crippen molar-refractivity contribution in [3.8, 4) is 0 Å². The average Bonchev–Trinajstić information content (AvgIpc) is 3.31. The summed E-state index contributed by atoms with van der Waals surface area (Å²) in [5.74, 6) is 1.26. The summed E-state index contributed by atoms with van der Waals surface area (Å²) in [6.07, 6.45) is 6.75. The van der Waals surface area contributed by atoms with Crippen molar-refractivity contribution in [2.24, 2.45) is 0 Å². The lowest BCUT2D eigenvalue weighted by Gasteiger charge is -2.33. The van der Waals surface area contributed by atoms with Gasteiger partial charge in [0.05, 0.1) is 16.3 Å². The van der Waals surface area contributed by atoms with E-state index in [1.807, 2.05) is 6.07 Å². The van der Waals surface area contributed by atoms with Gasteiger partial charge in [0.1, 0.15) is 5.82 Å². The molecule has 2 aromatic rings. The van der Waals surface area contributed by atoms with Crippen LogP contribution in [-0.4, -0.2) is 40.6 Å². The molecule has 1 aliphatic carbocycles. The van der Waals surface area contributed by atoms with Crippen LogP contribution in [0, 0.1) is 0 Å². The zero-order valence-corrected chi connectivity index (χ0v) is 16.4. The van der Waals surface area contributed by atoms with Crippen molar-refractivity contribution in [2.75, 3.05) is 13.1 Å². The zero-order chi connectivity index (χ0) is 18.1. The Bertz CT molecular complexity index is 868. The molecule has 0 radical (unpaired) electrons. The van der Waals surface area contributed by atoms with Crippen LogP contribution in [0.5, 0.6) is 0 Å². The van der Waals surface area contributed by atoms with Crippen molar-refractivity contribution in [3.63, 3.8) is 0 Å². The maximum absolute atomic E-state index is 13.0. The lowest BCUT2D eigenvalue weighted by molar-refractivity contribution is 0.302. The Kier molecular flexibility index (Phi) is 5.06. The van der Waals surface area contributed by atoms with E-state index >= 15 is 0 Å². The Morgan fingerprint density at radius 1 is 1.12 bits per heavy atom. The fraction of sp³-hybridized carbons (Fsp3) is 0.650. The van der Waals surface area contributed by atoms with Crippen molar-refractivity contribution >= 4 is 21.1 Å². The molecule has 1 saturated heterocycles. The number of para-hydroxylation sites is 2. The highest BCUT2D eigenvalue weighted by Crippen LogP contribution is 2.34. The smallest absolute Gasteiger partial charge is 0.217 e. The number of hydrogen-bond donors (Lipinski definition) is 0. The molecule has 26 heavy (non-hydrogen) atoms. The fourth-order valence-electron chi connectivity index (χ4n) is 4.65. The van der Waals surface area contributed by atoms with Gasteiger partial charge in [-0.25, -0.2) is 17.7 Å². The third-order valence-corrected chi connectivity index (χ3v) is 8.33. The summed E-state index contributed by atoms with van der Waals surface area (Å²) in [5.41, 5.74) is 2.19. The van der Waals surface area contributed by atoms with Crippen molar-refractivity contribution in [2.45, 2.75) is 69.6 Å². The van der Waals surface area contributed by atoms with E-state index in [0.29, 0.717) is 13.1 Å². The predicted octanol–water partition coefficient (Wildman–Crippen LogP) is 3.90. The number of aryl methyl sites for hydroxylation is 1. The maximum atomic E-state index is 13.0. The number of imidazole rings is 1. The summed E-state index contributed by atoms with van der Waals surface area (Å²) in [6.45, 7) is 4.37. The van der Waals surface area contributed by atoms with Gasteiger partial charge in [-0.1, -0.05) is 31.9 Å². The van der Waals surface area contributed by atoms with E-state index in [0.717, 1.165) is 62.8 Å².